The Bertz CT molecular complexity index is 1120. The first-order valence-electron chi connectivity index (χ1n) is 9.64. The van der Waals surface area contributed by atoms with Crippen LogP contribution in [0.5, 0.6) is 0 Å². The van der Waals surface area contributed by atoms with E-state index in [2.05, 4.69) is 10.6 Å². The first-order chi connectivity index (χ1) is 14.9. The van der Waals surface area contributed by atoms with Gasteiger partial charge in [0.1, 0.15) is 5.84 Å². The molecule has 0 fully saturated rings. The van der Waals surface area contributed by atoms with Gasteiger partial charge >= 0.3 is 12.0 Å². The number of esters is 1. The molecule has 0 spiro atoms. The summed E-state index contributed by atoms with van der Waals surface area (Å²) in [4.78, 5) is 24.4. The lowest BCUT2D eigenvalue weighted by molar-refractivity contribution is 0.0600. The Kier molecular flexibility index (Phi) is 6.67. The minimum Gasteiger partial charge on any atom is -0.465 e. The van der Waals surface area contributed by atoms with E-state index in [-0.39, 0.29) is 18.4 Å². The van der Waals surface area contributed by atoms with Gasteiger partial charge in [-0.1, -0.05) is 35.9 Å². The number of amides is 2. The quantitative estimate of drug-likeness (QED) is 0.275. The van der Waals surface area contributed by atoms with Crippen molar-refractivity contribution in [2.75, 3.05) is 12.4 Å². The van der Waals surface area contributed by atoms with Crippen molar-refractivity contribution in [3.8, 4) is 11.1 Å². The summed E-state index contributed by atoms with van der Waals surface area (Å²) in [5, 5.41) is 13.2. The Labute approximate surface area is 180 Å². The third-order valence-corrected chi connectivity index (χ3v) is 4.68. The second-order valence-corrected chi connectivity index (χ2v) is 7.08. The molecule has 7 nitrogen and oxygen atoms in total. The average Bonchev–Trinajstić information content (AvgIpc) is 2.78. The number of amidine groups is 1. The molecule has 5 N–H and O–H groups in total. The summed E-state index contributed by atoms with van der Waals surface area (Å²) in [7, 11) is 1.32. The van der Waals surface area contributed by atoms with E-state index in [0.29, 0.717) is 16.8 Å². The van der Waals surface area contributed by atoms with Crippen LogP contribution < -0.4 is 16.4 Å². The second kappa shape index (κ2) is 9.58. The molecule has 0 aliphatic carbocycles. The standard InChI is InChI=1S/C24H24N4O3/c1-15-6-8-21(9-7-15)28-24(30)27-14-16-10-19(13-20(11-16)23(29)31-2)17-4-3-5-18(12-17)22(25)26/h3-13H,14H2,1-2H3,(H3,25,26)(H2,27,28,30). The number of methoxy groups -OCH3 is 1. The topological polar surface area (TPSA) is 117 Å². The Hall–Kier alpha value is -4.13. The van der Waals surface area contributed by atoms with Gasteiger partial charge in [0, 0.05) is 17.8 Å². The summed E-state index contributed by atoms with van der Waals surface area (Å²) in [5.74, 6) is -0.518. The van der Waals surface area contributed by atoms with Crippen LogP contribution in [0.3, 0.4) is 0 Å². The zero-order valence-corrected chi connectivity index (χ0v) is 17.4. The van der Waals surface area contributed by atoms with E-state index in [9.17, 15) is 9.59 Å². The van der Waals surface area contributed by atoms with E-state index in [1.165, 1.54) is 7.11 Å². The number of carbonyl (C=O) groups excluding carboxylic acids is 2. The van der Waals surface area contributed by atoms with E-state index in [1.807, 2.05) is 43.3 Å². The smallest absolute Gasteiger partial charge is 0.337 e. The third kappa shape index (κ3) is 5.70. The molecule has 0 saturated carbocycles. The van der Waals surface area contributed by atoms with Gasteiger partial charge in [0.15, 0.2) is 0 Å². The average molecular weight is 416 g/mol. The fourth-order valence-electron chi connectivity index (χ4n) is 3.06. The van der Waals surface area contributed by atoms with Gasteiger partial charge in [-0.25, -0.2) is 9.59 Å². The number of ether oxygens (including phenoxy) is 1. The normalized spacial score (nSPS) is 10.3. The Balaban J connectivity index is 1.82. The molecule has 0 aliphatic rings. The molecule has 31 heavy (non-hydrogen) atoms. The highest BCUT2D eigenvalue weighted by Gasteiger charge is 2.12. The van der Waals surface area contributed by atoms with Crippen LogP contribution in [0.4, 0.5) is 10.5 Å². The number of aryl methyl sites for hydroxylation is 1. The van der Waals surface area contributed by atoms with Crippen molar-refractivity contribution in [3.63, 3.8) is 0 Å². The fourth-order valence-corrected chi connectivity index (χ4v) is 3.06. The van der Waals surface area contributed by atoms with Crippen molar-refractivity contribution in [1.82, 2.24) is 5.32 Å². The number of nitrogen functional groups attached to an aromatic ring is 1. The van der Waals surface area contributed by atoms with Crippen molar-refractivity contribution in [2.24, 2.45) is 5.73 Å². The van der Waals surface area contributed by atoms with Crippen LogP contribution >= 0.6 is 0 Å². The molecule has 3 rings (SSSR count). The van der Waals surface area contributed by atoms with Gasteiger partial charge in [0.05, 0.1) is 12.7 Å². The first kappa shape index (κ1) is 21.6. The molecular formula is C24H24N4O3. The van der Waals surface area contributed by atoms with Gasteiger partial charge in [0.25, 0.3) is 0 Å². The lowest BCUT2D eigenvalue weighted by atomic mass is 9.98. The highest BCUT2D eigenvalue weighted by atomic mass is 16.5. The van der Waals surface area contributed by atoms with E-state index < -0.39 is 5.97 Å². The SMILES string of the molecule is COC(=O)c1cc(CNC(=O)Nc2ccc(C)cc2)cc(-c2cccc(C(=N)N)c2)c1. The van der Waals surface area contributed by atoms with E-state index in [4.69, 9.17) is 15.9 Å². The van der Waals surface area contributed by atoms with Crippen LogP contribution in [0.25, 0.3) is 11.1 Å². The first-order valence-corrected chi connectivity index (χ1v) is 9.64. The van der Waals surface area contributed by atoms with Crippen LogP contribution in [0, 0.1) is 12.3 Å². The third-order valence-electron chi connectivity index (χ3n) is 4.68. The van der Waals surface area contributed by atoms with E-state index in [1.54, 1.807) is 30.3 Å². The van der Waals surface area contributed by atoms with Crippen molar-refractivity contribution in [3.05, 3.63) is 89.0 Å². The molecule has 3 aromatic carbocycles. The molecular weight excluding hydrogens is 392 g/mol. The van der Waals surface area contributed by atoms with Crippen LogP contribution in [0.2, 0.25) is 0 Å². The van der Waals surface area contributed by atoms with Crippen LogP contribution in [-0.4, -0.2) is 24.9 Å². The summed E-state index contributed by atoms with van der Waals surface area (Å²) in [6.07, 6.45) is 0. The lowest BCUT2D eigenvalue weighted by Gasteiger charge is -2.12. The number of hydrogen-bond donors (Lipinski definition) is 4. The predicted molar refractivity (Wildman–Crippen MR) is 121 cm³/mol. The lowest BCUT2D eigenvalue weighted by Crippen LogP contribution is -2.28. The maximum atomic E-state index is 12.3. The maximum absolute atomic E-state index is 12.3. The zero-order chi connectivity index (χ0) is 22.4. The largest absolute Gasteiger partial charge is 0.465 e. The molecule has 7 heteroatoms. The number of benzene rings is 3. The number of hydrogen-bond acceptors (Lipinski definition) is 4. The maximum Gasteiger partial charge on any atom is 0.337 e. The molecule has 0 bridgehead atoms. The molecule has 0 unspecified atom stereocenters. The highest BCUT2D eigenvalue weighted by molar-refractivity contribution is 5.96. The predicted octanol–water partition coefficient (Wildman–Crippen LogP) is 4.05. The van der Waals surface area contributed by atoms with Gasteiger partial charge in [-0.05, 0) is 60.0 Å². The van der Waals surface area contributed by atoms with Crippen molar-refractivity contribution >= 4 is 23.5 Å². The van der Waals surface area contributed by atoms with Gasteiger partial charge in [-0.2, -0.15) is 0 Å². The number of urea groups is 1. The molecule has 0 aromatic heterocycles. The summed E-state index contributed by atoms with van der Waals surface area (Å²) in [5.41, 5.74) is 10.6. The van der Waals surface area contributed by atoms with Crippen LogP contribution in [0.1, 0.15) is 27.0 Å². The molecule has 0 saturated heterocycles. The van der Waals surface area contributed by atoms with Crippen molar-refractivity contribution < 1.29 is 14.3 Å². The highest BCUT2D eigenvalue weighted by Crippen LogP contribution is 2.24. The molecule has 158 valence electrons. The van der Waals surface area contributed by atoms with Gasteiger partial charge in [-0.15, -0.1) is 0 Å². The molecule has 0 radical (unpaired) electrons. The number of nitrogens with two attached hydrogens (primary N) is 1. The molecule has 0 aliphatic heterocycles. The summed E-state index contributed by atoms with van der Waals surface area (Å²) >= 11 is 0. The number of anilines is 1. The van der Waals surface area contributed by atoms with Gasteiger partial charge < -0.3 is 21.1 Å². The van der Waals surface area contributed by atoms with E-state index in [0.717, 1.165) is 22.3 Å². The number of nitrogens with one attached hydrogen (secondary N) is 3. The minimum absolute atomic E-state index is 0.0411. The van der Waals surface area contributed by atoms with E-state index >= 15 is 0 Å². The Morgan fingerprint density at radius 3 is 2.35 bits per heavy atom. The fraction of sp³-hybridized carbons (Fsp3) is 0.125. The summed E-state index contributed by atoms with van der Waals surface area (Å²) in [6.45, 7) is 2.18. The number of carbonyl (C=O) groups is 2. The second-order valence-electron chi connectivity index (χ2n) is 7.08. The molecule has 2 amide bonds. The summed E-state index contributed by atoms with van der Waals surface area (Å²) < 4.78 is 4.87. The Morgan fingerprint density at radius 2 is 1.68 bits per heavy atom. The Morgan fingerprint density at radius 1 is 0.968 bits per heavy atom. The van der Waals surface area contributed by atoms with Gasteiger partial charge in [0.2, 0.25) is 0 Å². The number of rotatable bonds is 6. The van der Waals surface area contributed by atoms with Crippen LogP contribution in [-0.2, 0) is 11.3 Å². The molecule has 0 heterocycles. The zero-order valence-electron chi connectivity index (χ0n) is 17.4. The molecule has 0 atom stereocenters. The van der Waals surface area contributed by atoms with Gasteiger partial charge in [-0.3, -0.25) is 5.41 Å². The monoisotopic (exact) mass is 416 g/mol. The van der Waals surface area contributed by atoms with Crippen LogP contribution in [0.15, 0.2) is 66.7 Å². The summed E-state index contributed by atoms with van der Waals surface area (Å²) in [6, 6.07) is 19.6. The van der Waals surface area contributed by atoms with Crippen molar-refractivity contribution in [1.29, 1.82) is 5.41 Å². The minimum atomic E-state index is -0.477. The van der Waals surface area contributed by atoms with Crippen molar-refractivity contribution in [2.45, 2.75) is 13.5 Å². The molecule has 3 aromatic rings.